The molecule has 41 heavy (non-hydrogen) atoms. The minimum atomic E-state index is -4.35. The molecule has 0 saturated heterocycles. The fourth-order valence-corrected chi connectivity index (χ4v) is 5.16. The molecule has 2 aromatic rings. The Morgan fingerprint density at radius 2 is 1.90 bits per heavy atom. The van der Waals surface area contributed by atoms with Crippen LogP contribution in [-0.4, -0.2) is 112 Å². The number of aromatic nitrogens is 5. The fourth-order valence-electron chi connectivity index (χ4n) is 4.03. The molecule has 1 saturated carbocycles. The van der Waals surface area contributed by atoms with Crippen molar-refractivity contribution in [3.05, 3.63) is 12.2 Å². The van der Waals surface area contributed by atoms with Gasteiger partial charge in [-0.2, -0.15) is 24.9 Å². The zero-order valence-electron chi connectivity index (χ0n) is 21.5. The number of thioether (sulfide) groups is 2. The van der Waals surface area contributed by atoms with Crippen LogP contribution in [0.25, 0.3) is 11.2 Å². The van der Waals surface area contributed by atoms with Crippen molar-refractivity contribution in [2.24, 2.45) is 5.92 Å². The number of fused-ring (bicyclic) bond motifs is 1. The summed E-state index contributed by atoms with van der Waals surface area (Å²) in [4.78, 5) is 42.8. The molecule has 3 rings (SSSR count). The Morgan fingerprint density at radius 3 is 2.54 bits per heavy atom. The molecule has 2 aromatic heterocycles. The first-order valence-corrected chi connectivity index (χ1v) is 14.5. The van der Waals surface area contributed by atoms with E-state index in [2.05, 4.69) is 25.6 Å². The highest BCUT2D eigenvalue weighted by molar-refractivity contribution is 7.99. The summed E-state index contributed by atoms with van der Waals surface area (Å²) in [6, 6.07) is -2.56. The molecule has 0 radical (unpaired) electrons. The summed E-state index contributed by atoms with van der Waals surface area (Å²) in [5.41, 5.74) is 0.335. The van der Waals surface area contributed by atoms with E-state index in [9.17, 15) is 37.8 Å². The van der Waals surface area contributed by atoms with Gasteiger partial charge in [0, 0.05) is 24.0 Å². The van der Waals surface area contributed by atoms with Gasteiger partial charge in [-0.1, -0.05) is 23.1 Å². The van der Waals surface area contributed by atoms with Gasteiger partial charge in [0.15, 0.2) is 22.1 Å². The Bertz CT molecular complexity index is 1280. The van der Waals surface area contributed by atoms with Crippen molar-refractivity contribution in [2.75, 3.05) is 29.6 Å². The number of anilines is 1. The summed E-state index contributed by atoms with van der Waals surface area (Å²) in [6.07, 6.45) is -4.89. The third kappa shape index (κ3) is 8.91. The summed E-state index contributed by atoms with van der Waals surface area (Å²) in [7, 11) is 0. The quantitative estimate of drug-likeness (QED) is 0.0748. The first-order valence-electron chi connectivity index (χ1n) is 12.2. The molecule has 2 heterocycles. The maximum atomic E-state index is 12.7. The van der Waals surface area contributed by atoms with Gasteiger partial charge in [0.25, 0.3) is 0 Å². The largest absolute Gasteiger partial charge is 0.481 e. The van der Waals surface area contributed by atoms with Crippen LogP contribution in [0.2, 0.25) is 0 Å². The Morgan fingerprint density at radius 1 is 1.17 bits per heavy atom. The van der Waals surface area contributed by atoms with Crippen LogP contribution < -0.4 is 10.6 Å². The van der Waals surface area contributed by atoms with Crippen LogP contribution in [-0.2, 0) is 14.4 Å². The number of carboxylic acid groups (broad SMARTS) is 2. The Hall–Kier alpha value is -3.16. The molecular weight excluding hydrogens is 595 g/mol. The average molecular weight is 624 g/mol. The van der Waals surface area contributed by atoms with Gasteiger partial charge >= 0.3 is 18.1 Å². The summed E-state index contributed by atoms with van der Waals surface area (Å²) >= 11 is 2.35. The molecule has 0 aliphatic heterocycles. The molecule has 19 heteroatoms. The number of hydrogen-bond acceptors (Lipinski definition) is 12. The summed E-state index contributed by atoms with van der Waals surface area (Å²) in [5, 5.41) is 52.6. The van der Waals surface area contributed by atoms with Crippen molar-refractivity contribution < 1.29 is 48.0 Å². The van der Waals surface area contributed by atoms with E-state index in [1.807, 2.05) is 11.6 Å². The van der Waals surface area contributed by atoms with Crippen LogP contribution in [0, 0.1) is 5.92 Å². The normalized spacial score (nSPS) is 21.8. The number of halogens is 3. The number of aliphatic carboxylic acids is 2. The molecular formula is C22H28F3N7O7S2. The highest BCUT2D eigenvalue weighted by atomic mass is 32.2. The van der Waals surface area contributed by atoms with Gasteiger partial charge < -0.3 is 31.1 Å². The molecule has 1 aliphatic rings. The Kier molecular flexibility index (Phi) is 11.2. The lowest BCUT2D eigenvalue weighted by Gasteiger charge is -2.17. The van der Waals surface area contributed by atoms with Crippen LogP contribution in [0.3, 0.4) is 0 Å². The highest BCUT2D eigenvalue weighted by Gasteiger charge is 2.43. The first kappa shape index (κ1) is 32.4. The Balaban J connectivity index is 1.82. The number of aliphatic hydroxyl groups is 2. The van der Waals surface area contributed by atoms with Crippen molar-refractivity contribution >= 4 is 58.4 Å². The number of hydrogen-bond donors (Lipinski definition) is 6. The molecule has 6 N–H and O–H groups in total. The van der Waals surface area contributed by atoms with Crippen LogP contribution in [0.5, 0.6) is 0 Å². The third-order valence-electron chi connectivity index (χ3n) is 6.02. The molecule has 14 nitrogen and oxygen atoms in total. The highest BCUT2D eigenvalue weighted by Crippen LogP contribution is 2.38. The predicted octanol–water partition coefficient (Wildman–Crippen LogP) is 0.924. The topological polar surface area (TPSA) is 213 Å². The third-order valence-corrected chi connectivity index (χ3v) is 7.48. The average Bonchev–Trinajstić information content (AvgIpc) is 3.42. The van der Waals surface area contributed by atoms with Gasteiger partial charge in [-0.15, -0.1) is 5.10 Å². The predicted molar refractivity (Wildman–Crippen MR) is 142 cm³/mol. The molecule has 1 aliphatic carbocycles. The van der Waals surface area contributed by atoms with Gasteiger partial charge in [-0.05, 0) is 18.8 Å². The molecule has 0 aromatic carbocycles. The van der Waals surface area contributed by atoms with Crippen molar-refractivity contribution in [2.45, 2.75) is 54.9 Å². The van der Waals surface area contributed by atoms with Crippen molar-refractivity contribution in [1.29, 1.82) is 0 Å². The molecule has 0 spiro atoms. The van der Waals surface area contributed by atoms with E-state index in [1.54, 1.807) is 11.8 Å². The van der Waals surface area contributed by atoms with Gasteiger partial charge in [-0.3, -0.25) is 9.59 Å². The van der Waals surface area contributed by atoms with Crippen molar-refractivity contribution in [3.63, 3.8) is 0 Å². The lowest BCUT2D eigenvalue weighted by Crippen LogP contribution is -2.41. The number of aliphatic hydroxyl groups excluding tert-OH is 2. The maximum Gasteiger partial charge on any atom is 0.389 e. The van der Waals surface area contributed by atoms with Gasteiger partial charge in [0.1, 0.15) is 12.1 Å². The fraction of sp³-hybridized carbons (Fsp3) is 0.591. The van der Waals surface area contributed by atoms with Gasteiger partial charge in [0.05, 0.1) is 25.0 Å². The van der Waals surface area contributed by atoms with Crippen molar-refractivity contribution in [3.8, 4) is 0 Å². The number of alkyl halides is 3. The molecule has 0 bridgehead atoms. The minimum absolute atomic E-state index is 0.0347. The molecule has 1 amide bonds. The second-order valence-corrected chi connectivity index (χ2v) is 11.0. The molecule has 5 atom stereocenters. The SMILES string of the molecule is CSCCNc1nc(SCCC(F)(F)F)nc2c1nnn2C1CC(C=CC(=O)N[C@@H](CC(=O)O)C(=O)O)C(O)C1O. The first-order chi connectivity index (χ1) is 19.3. The second kappa shape index (κ2) is 14.1. The van der Waals surface area contributed by atoms with Gasteiger partial charge in [-0.25, -0.2) is 19.4 Å². The summed E-state index contributed by atoms with van der Waals surface area (Å²) in [6.45, 7) is 0.474. The molecule has 4 unspecified atom stereocenters. The van der Waals surface area contributed by atoms with E-state index in [-0.39, 0.29) is 34.3 Å². The maximum absolute atomic E-state index is 12.7. The van der Waals surface area contributed by atoms with E-state index in [1.165, 1.54) is 10.8 Å². The zero-order chi connectivity index (χ0) is 30.3. The standard InChI is InChI=1S/C22H28F3N7O7S2/c1-40-7-5-26-18-15-19(29-21(28-18)41-6-4-22(23,24)25)32(31-30-15)12-8-10(16(36)17(12)37)2-3-13(33)27-11(20(38)39)9-14(34)35/h2-3,10-12,16-17,36-37H,4-9H2,1H3,(H,27,33)(H,34,35)(H,38,39)(H,26,28,29)/t10?,11-,12?,16?,17?/m0/s1. The molecule has 1 fully saturated rings. The number of carboxylic acids is 2. The number of nitrogens with zero attached hydrogens (tertiary/aromatic N) is 5. The number of amides is 1. The van der Waals surface area contributed by atoms with Crippen LogP contribution in [0.15, 0.2) is 17.3 Å². The summed E-state index contributed by atoms with van der Waals surface area (Å²) in [5.74, 6) is -4.05. The molecule has 226 valence electrons. The monoisotopic (exact) mass is 623 g/mol. The lowest BCUT2D eigenvalue weighted by atomic mass is 10.0. The number of nitrogens with one attached hydrogen (secondary N) is 2. The van der Waals surface area contributed by atoms with Crippen molar-refractivity contribution in [1.82, 2.24) is 30.3 Å². The van der Waals surface area contributed by atoms with E-state index in [0.717, 1.165) is 17.8 Å². The van der Waals surface area contributed by atoms with Crippen LogP contribution >= 0.6 is 23.5 Å². The number of carbonyl (C=O) groups excluding carboxylic acids is 1. The number of rotatable bonds is 14. The minimum Gasteiger partial charge on any atom is -0.481 e. The lowest BCUT2D eigenvalue weighted by molar-refractivity contribution is -0.146. The summed E-state index contributed by atoms with van der Waals surface area (Å²) < 4.78 is 39.3. The van der Waals surface area contributed by atoms with Crippen LogP contribution in [0.4, 0.5) is 19.0 Å². The van der Waals surface area contributed by atoms with Gasteiger partial charge in [0.2, 0.25) is 5.91 Å². The van der Waals surface area contributed by atoms with Crippen LogP contribution in [0.1, 0.15) is 25.3 Å². The Labute approximate surface area is 239 Å². The van der Waals surface area contributed by atoms with E-state index >= 15 is 0 Å². The van der Waals surface area contributed by atoms with E-state index < -0.39 is 67.1 Å². The zero-order valence-corrected chi connectivity index (χ0v) is 23.1. The van der Waals surface area contributed by atoms with E-state index in [4.69, 9.17) is 10.2 Å². The number of carbonyl (C=O) groups is 3. The smallest absolute Gasteiger partial charge is 0.389 e. The van der Waals surface area contributed by atoms with E-state index in [0.29, 0.717) is 12.3 Å². The second-order valence-electron chi connectivity index (χ2n) is 9.00.